The van der Waals surface area contributed by atoms with Crippen molar-refractivity contribution < 1.29 is 4.42 Å². The lowest BCUT2D eigenvalue weighted by Crippen LogP contribution is -2.13. The second kappa shape index (κ2) is 14.3. The van der Waals surface area contributed by atoms with Gasteiger partial charge in [0.2, 0.25) is 0 Å². The zero-order chi connectivity index (χ0) is 40.3. The fourth-order valence-electron chi connectivity index (χ4n) is 9.31. The van der Waals surface area contributed by atoms with Crippen LogP contribution in [0.3, 0.4) is 0 Å². The predicted molar refractivity (Wildman–Crippen MR) is 253 cm³/mol. The van der Waals surface area contributed by atoms with E-state index in [-0.39, 0.29) is 0 Å². The van der Waals surface area contributed by atoms with Crippen LogP contribution < -0.4 is 4.90 Å². The molecule has 0 amide bonds. The number of benzene rings is 9. The zero-order valence-electron chi connectivity index (χ0n) is 33.9. The van der Waals surface area contributed by atoms with Crippen LogP contribution in [0.2, 0.25) is 0 Å². The molecule has 0 fully saturated rings. The van der Waals surface area contributed by atoms with Crippen molar-refractivity contribution in [3.63, 3.8) is 0 Å². The van der Waals surface area contributed by atoms with E-state index in [1.807, 2.05) is 0 Å². The first-order valence-electron chi connectivity index (χ1n) is 20.7. The Kier molecular flexibility index (Phi) is 8.49. The Bertz CT molecular complexity index is 3360. The van der Waals surface area contributed by atoms with Gasteiger partial charge in [0.25, 0.3) is 0 Å². The Hall–Kier alpha value is -7.62. The summed E-state index contributed by atoms with van der Waals surface area (Å²) in [7, 11) is 0. The topological polar surface area (TPSA) is 21.3 Å². The lowest BCUT2D eigenvalue weighted by molar-refractivity contribution is 0.670. The van der Waals surface area contributed by atoms with Crippen molar-refractivity contribution in [3.8, 4) is 39.1 Å². The van der Waals surface area contributed by atoms with Gasteiger partial charge in [-0.1, -0.05) is 140 Å². The maximum absolute atomic E-state index is 6.90. The molecule has 11 rings (SSSR count). The molecule has 0 bridgehead atoms. The van der Waals surface area contributed by atoms with Gasteiger partial charge >= 0.3 is 0 Å². The number of rotatable bonds is 7. The highest BCUT2D eigenvalue weighted by Gasteiger charge is 2.25. The molecule has 2 aromatic heterocycles. The van der Waals surface area contributed by atoms with Crippen LogP contribution >= 0.6 is 0 Å². The Morgan fingerprint density at radius 1 is 0.383 bits per heavy atom. The minimum Gasteiger partial charge on any atom is -0.455 e. The summed E-state index contributed by atoms with van der Waals surface area (Å²) in [6.45, 7) is 6.71. The summed E-state index contributed by atoms with van der Waals surface area (Å²) in [6.07, 6.45) is 0. The summed E-state index contributed by atoms with van der Waals surface area (Å²) in [5.74, 6) is 0. The maximum Gasteiger partial charge on any atom is 0.143 e. The highest BCUT2D eigenvalue weighted by Crippen LogP contribution is 2.47. The highest BCUT2D eigenvalue weighted by molar-refractivity contribution is 6.14. The van der Waals surface area contributed by atoms with Crippen LogP contribution in [0.1, 0.15) is 16.7 Å². The van der Waals surface area contributed by atoms with Crippen molar-refractivity contribution in [3.05, 3.63) is 217 Å². The van der Waals surface area contributed by atoms with Crippen LogP contribution in [-0.2, 0) is 0 Å². The minimum atomic E-state index is 0.870. The lowest BCUT2D eigenvalue weighted by atomic mass is 9.95. The van der Waals surface area contributed by atoms with Gasteiger partial charge in [-0.2, -0.15) is 0 Å². The minimum absolute atomic E-state index is 0.870. The summed E-state index contributed by atoms with van der Waals surface area (Å²) < 4.78 is 9.32. The predicted octanol–water partition coefficient (Wildman–Crippen LogP) is 16.1. The zero-order valence-corrected chi connectivity index (χ0v) is 33.9. The summed E-state index contributed by atoms with van der Waals surface area (Å²) in [5, 5.41) is 4.63. The highest BCUT2D eigenvalue weighted by atomic mass is 16.3. The molecular formula is C57H42N2O. The molecule has 3 heteroatoms. The summed E-state index contributed by atoms with van der Waals surface area (Å²) in [5.41, 5.74) is 19.1. The first kappa shape index (κ1) is 35.5. The average Bonchev–Trinajstić information content (AvgIpc) is 3.84. The van der Waals surface area contributed by atoms with E-state index >= 15 is 0 Å². The van der Waals surface area contributed by atoms with E-state index in [2.05, 4.69) is 230 Å². The van der Waals surface area contributed by atoms with E-state index in [1.54, 1.807) is 0 Å². The van der Waals surface area contributed by atoms with E-state index in [1.165, 1.54) is 60.8 Å². The number of nitrogens with zero attached hydrogens (tertiary/aromatic N) is 2. The molecule has 3 nitrogen and oxygen atoms in total. The number of fused-ring (bicyclic) bond motifs is 6. The Morgan fingerprint density at radius 3 is 1.70 bits per heavy atom. The lowest BCUT2D eigenvalue weighted by Gasteiger charge is -2.30. The van der Waals surface area contributed by atoms with Gasteiger partial charge < -0.3 is 13.9 Å². The summed E-state index contributed by atoms with van der Waals surface area (Å²) in [4.78, 5) is 2.47. The maximum atomic E-state index is 6.90. The number of para-hydroxylation sites is 4. The van der Waals surface area contributed by atoms with Gasteiger partial charge in [-0.3, -0.25) is 0 Å². The SMILES string of the molecule is Cc1cc(N(c2cc(-c3ccccc3-n3c4ccccc4c4ccccc43)c3oc4ccccc4c3c2)c2ccc(-c3ccccc3)cc2C)c(C)cc1-c1ccccc1. The molecule has 0 radical (unpaired) electrons. The van der Waals surface area contributed by atoms with Gasteiger partial charge in [0.05, 0.1) is 16.7 Å². The molecule has 0 unspecified atom stereocenters. The van der Waals surface area contributed by atoms with E-state index in [0.29, 0.717) is 0 Å². The third kappa shape index (κ3) is 5.81. The molecule has 9 aromatic carbocycles. The van der Waals surface area contributed by atoms with Crippen molar-refractivity contribution >= 4 is 60.8 Å². The first-order valence-corrected chi connectivity index (χ1v) is 20.7. The van der Waals surface area contributed by atoms with Gasteiger partial charge in [-0.05, 0) is 120 Å². The van der Waals surface area contributed by atoms with Crippen LogP contribution in [0.4, 0.5) is 17.1 Å². The monoisotopic (exact) mass is 770 g/mol. The third-order valence-electron chi connectivity index (χ3n) is 12.1. The largest absolute Gasteiger partial charge is 0.455 e. The first-order chi connectivity index (χ1) is 29.5. The number of anilines is 3. The molecule has 60 heavy (non-hydrogen) atoms. The molecule has 0 aliphatic rings. The van der Waals surface area contributed by atoms with Gasteiger partial charge in [0.1, 0.15) is 11.2 Å². The number of furan rings is 1. The van der Waals surface area contributed by atoms with E-state index in [9.17, 15) is 0 Å². The Morgan fingerprint density at radius 2 is 0.983 bits per heavy atom. The van der Waals surface area contributed by atoms with Gasteiger partial charge in [0, 0.05) is 49.7 Å². The van der Waals surface area contributed by atoms with Gasteiger partial charge in [0.15, 0.2) is 0 Å². The van der Waals surface area contributed by atoms with E-state index in [0.717, 1.165) is 55.8 Å². The smallest absolute Gasteiger partial charge is 0.143 e. The normalized spacial score (nSPS) is 11.6. The summed E-state index contributed by atoms with van der Waals surface area (Å²) >= 11 is 0. The van der Waals surface area contributed by atoms with Crippen LogP contribution in [0, 0.1) is 20.8 Å². The fraction of sp³-hybridized carbons (Fsp3) is 0.0526. The van der Waals surface area contributed by atoms with Gasteiger partial charge in [-0.15, -0.1) is 0 Å². The van der Waals surface area contributed by atoms with Crippen molar-refractivity contribution in [1.29, 1.82) is 0 Å². The van der Waals surface area contributed by atoms with Crippen molar-refractivity contribution in [2.75, 3.05) is 4.90 Å². The number of hydrogen-bond acceptors (Lipinski definition) is 2. The Labute approximate surface area is 350 Å². The fourth-order valence-corrected chi connectivity index (χ4v) is 9.31. The second-order valence-corrected chi connectivity index (χ2v) is 15.9. The molecule has 286 valence electrons. The van der Waals surface area contributed by atoms with Crippen LogP contribution in [0.5, 0.6) is 0 Å². The van der Waals surface area contributed by atoms with Crippen molar-refractivity contribution in [2.45, 2.75) is 20.8 Å². The second-order valence-electron chi connectivity index (χ2n) is 15.9. The molecule has 0 aliphatic carbocycles. The molecule has 0 aliphatic heterocycles. The quantitative estimate of drug-likeness (QED) is 0.161. The van der Waals surface area contributed by atoms with E-state index < -0.39 is 0 Å². The molecule has 0 saturated heterocycles. The molecule has 0 N–H and O–H groups in total. The summed E-state index contributed by atoms with van der Waals surface area (Å²) in [6, 6.07) is 72.3. The van der Waals surface area contributed by atoms with Crippen molar-refractivity contribution in [2.24, 2.45) is 0 Å². The molecule has 0 spiro atoms. The molecule has 0 saturated carbocycles. The van der Waals surface area contributed by atoms with Crippen LogP contribution in [0.15, 0.2) is 205 Å². The molecular weight excluding hydrogens is 729 g/mol. The third-order valence-corrected chi connectivity index (χ3v) is 12.1. The molecule has 0 atom stereocenters. The number of aryl methyl sites for hydroxylation is 3. The Balaban J connectivity index is 1.20. The standard InChI is InChI=1S/C57H42N2O/c1-37-34-55(39(3)33-48(37)41-20-8-5-9-21-41)58(51-31-30-42(32-38(51)2)40-18-6-4-7-19-40)43-35-49(57-50(36-43)47-25-13-17-29-56(47)60-57)46-24-12-16-28-54(46)59-52-26-14-10-22-44(52)45-23-11-15-27-53(45)59/h4-36H,1-3H3. The molecule has 2 heterocycles. The van der Waals surface area contributed by atoms with Gasteiger partial charge in [-0.25, -0.2) is 0 Å². The number of hydrogen-bond donors (Lipinski definition) is 0. The van der Waals surface area contributed by atoms with Crippen LogP contribution in [-0.4, -0.2) is 4.57 Å². The average molecular weight is 771 g/mol. The van der Waals surface area contributed by atoms with Crippen LogP contribution in [0.25, 0.3) is 82.8 Å². The molecule has 11 aromatic rings. The van der Waals surface area contributed by atoms with E-state index in [4.69, 9.17) is 4.42 Å². The number of aromatic nitrogens is 1. The van der Waals surface area contributed by atoms with Crippen molar-refractivity contribution in [1.82, 2.24) is 4.57 Å².